The van der Waals surface area contributed by atoms with Crippen molar-refractivity contribution in [2.45, 2.75) is 445 Å². The maximum atomic E-state index is 13.1. The van der Waals surface area contributed by atoms with Crippen LogP contribution in [0.1, 0.15) is 427 Å². The average molecular weight is 1470 g/mol. The molecule has 100 heavy (non-hydrogen) atoms. The van der Waals surface area contributed by atoms with E-state index in [2.05, 4.69) is 41.5 Å². The normalized spacial score (nSPS) is 14.2. The summed E-state index contributed by atoms with van der Waals surface area (Å²) in [5.41, 5.74) is 0. The molecule has 0 aromatic carbocycles. The Labute approximate surface area is 613 Å². The molecule has 0 heterocycles. The molecule has 0 fully saturated rings. The van der Waals surface area contributed by atoms with Crippen molar-refractivity contribution < 1.29 is 80.2 Å². The molecule has 0 aliphatic rings. The summed E-state index contributed by atoms with van der Waals surface area (Å²) in [6.45, 7) is 9.62. The van der Waals surface area contributed by atoms with E-state index in [4.69, 9.17) is 37.0 Å². The van der Waals surface area contributed by atoms with E-state index in [-0.39, 0.29) is 25.7 Å². The highest BCUT2D eigenvalue weighted by Gasteiger charge is 2.30. The molecule has 0 saturated heterocycles. The minimum atomic E-state index is -4.96. The third-order valence-electron chi connectivity index (χ3n) is 19.3. The Kier molecular flexibility index (Phi) is 71.2. The van der Waals surface area contributed by atoms with Crippen molar-refractivity contribution in [3.05, 3.63) is 0 Å². The summed E-state index contributed by atoms with van der Waals surface area (Å²) in [6, 6.07) is 0. The standard InChI is InChI=1S/C81H158O17P2/c1-7-10-12-14-16-18-20-22-23-24-25-26-29-34-38-42-46-54-60-66-80(85)97-76(69-91-78(83)63-57-51-44-40-36-33-30-27-28-32-35-39-43-49-55-61-73(4)5)71-95-99(87,88)93-67-75(82)68-94-100(89,90)96-72-77(70-92-79(84)64-58-52-48-47-50-56-62-74(6)9-3)98-81(86)65-59-53-45-41-37-31-21-19-17-15-13-11-8-2/h73-77,82H,7-72H2,1-6H3,(H,87,88)(H,89,90)/t74?,75-,76-,77-/m1/s1. The fraction of sp³-hybridized carbons (Fsp3) is 0.951. The van der Waals surface area contributed by atoms with Crippen molar-refractivity contribution in [1.82, 2.24) is 0 Å². The summed E-state index contributed by atoms with van der Waals surface area (Å²) >= 11 is 0. The molecular weight excluding hydrogens is 1310 g/mol. The molecule has 17 nitrogen and oxygen atoms in total. The number of aliphatic hydroxyl groups is 1. The van der Waals surface area contributed by atoms with Crippen LogP contribution in [0, 0.1) is 11.8 Å². The van der Waals surface area contributed by atoms with Crippen LogP contribution < -0.4 is 0 Å². The first-order chi connectivity index (χ1) is 48.4. The van der Waals surface area contributed by atoms with E-state index in [9.17, 15) is 43.2 Å². The van der Waals surface area contributed by atoms with E-state index in [0.717, 1.165) is 108 Å². The number of hydrogen-bond donors (Lipinski definition) is 3. The van der Waals surface area contributed by atoms with Crippen molar-refractivity contribution in [1.29, 1.82) is 0 Å². The van der Waals surface area contributed by atoms with Crippen molar-refractivity contribution >= 4 is 39.5 Å². The number of ether oxygens (including phenoxy) is 4. The lowest BCUT2D eigenvalue weighted by molar-refractivity contribution is -0.161. The number of carbonyl (C=O) groups excluding carboxylic acids is 4. The van der Waals surface area contributed by atoms with E-state index in [0.29, 0.717) is 25.7 Å². The lowest BCUT2D eigenvalue weighted by atomic mass is 10.00. The Morgan fingerprint density at radius 3 is 0.760 bits per heavy atom. The number of esters is 4. The van der Waals surface area contributed by atoms with Crippen LogP contribution in [0.25, 0.3) is 0 Å². The highest BCUT2D eigenvalue weighted by Crippen LogP contribution is 2.45. The second-order valence-electron chi connectivity index (χ2n) is 29.9. The van der Waals surface area contributed by atoms with Gasteiger partial charge in [-0.3, -0.25) is 37.3 Å². The monoisotopic (exact) mass is 1470 g/mol. The second kappa shape index (κ2) is 72.6. The van der Waals surface area contributed by atoms with E-state index in [1.807, 2.05) is 0 Å². The average Bonchev–Trinajstić information content (AvgIpc) is 1.40. The van der Waals surface area contributed by atoms with Crippen molar-refractivity contribution in [3.63, 3.8) is 0 Å². The minimum Gasteiger partial charge on any atom is -0.462 e. The number of phosphoric ester groups is 2. The molecule has 0 rings (SSSR count). The molecule has 0 spiro atoms. The van der Waals surface area contributed by atoms with Crippen molar-refractivity contribution in [3.8, 4) is 0 Å². The zero-order valence-electron chi connectivity index (χ0n) is 65.5. The van der Waals surface area contributed by atoms with Crippen LogP contribution in [0.15, 0.2) is 0 Å². The zero-order chi connectivity index (χ0) is 73.5. The van der Waals surface area contributed by atoms with Gasteiger partial charge < -0.3 is 33.8 Å². The second-order valence-corrected chi connectivity index (χ2v) is 32.8. The van der Waals surface area contributed by atoms with Gasteiger partial charge in [-0.25, -0.2) is 9.13 Å². The van der Waals surface area contributed by atoms with E-state index < -0.39 is 97.5 Å². The predicted molar refractivity (Wildman–Crippen MR) is 409 cm³/mol. The fourth-order valence-corrected chi connectivity index (χ4v) is 14.1. The first-order valence-electron chi connectivity index (χ1n) is 42.0. The Morgan fingerprint density at radius 2 is 0.510 bits per heavy atom. The van der Waals surface area contributed by atoms with E-state index in [1.54, 1.807) is 0 Å². The lowest BCUT2D eigenvalue weighted by Gasteiger charge is -2.21. The smallest absolute Gasteiger partial charge is 0.462 e. The Bertz CT molecular complexity index is 1930. The lowest BCUT2D eigenvalue weighted by Crippen LogP contribution is -2.30. The molecule has 0 bridgehead atoms. The van der Waals surface area contributed by atoms with Gasteiger partial charge in [-0.2, -0.15) is 0 Å². The zero-order valence-corrected chi connectivity index (χ0v) is 67.3. The van der Waals surface area contributed by atoms with Gasteiger partial charge in [0.1, 0.15) is 19.3 Å². The molecule has 0 amide bonds. The molecule has 0 aromatic heterocycles. The van der Waals surface area contributed by atoms with Gasteiger partial charge in [-0.1, -0.05) is 375 Å². The summed E-state index contributed by atoms with van der Waals surface area (Å²) in [7, 11) is -9.92. The number of unbranched alkanes of at least 4 members (excludes halogenated alkanes) is 49. The molecule has 0 aliphatic heterocycles. The van der Waals surface area contributed by atoms with Gasteiger partial charge in [-0.15, -0.1) is 0 Å². The van der Waals surface area contributed by atoms with Crippen LogP contribution in [0.5, 0.6) is 0 Å². The third kappa shape index (κ3) is 73.0. The number of rotatable bonds is 80. The first kappa shape index (κ1) is 98.1. The molecule has 0 aromatic rings. The summed E-state index contributed by atoms with van der Waals surface area (Å²) < 4.78 is 68.7. The number of aliphatic hydroxyl groups excluding tert-OH is 1. The molecule has 3 unspecified atom stereocenters. The highest BCUT2D eigenvalue weighted by molar-refractivity contribution is 7.47. The van der Waals surface area contributed by atoms with Gasteiger partial charge in [0.15, 0.2) is 12.2 Å². The van der Waals surface area contributed by atoms with Crippen LogP contribution >= 0.6 is 15.6 Å². The van der Waals surface area contributed by atoms with Gasteiger partial charge in [0.2, 0.25) is 0 Å². The van der Waals surface area contributed by atoms with Crippen LogP contribution in [-0.2, 0) is 65.4 Å². The van der Waals surface area contributed by atoms with Crippen LogP contribution in [-0.4, -0.2) is 96.7 Å². The Balaban J connectivity index is 5.23. The van der Waals surface area contributed by atoms with Gasteiger partial charge in [0.05, 0.1) is 26.4 Å². The molecule has 0 saturated carbocycles. The number of carbonyl (C=O) groups is 4. The Morgan fingerprint density at radius 1 is 0.290 bits per heavy atom. The van der Waals surface area contributed by atoms with Crippen LogP contribution in [0.2, 0.25) is 0 Å². The maximum Gasteiger partial charge on any atom is 0.472 e. The van der Waals surface area contributed by atoms with Gasteiger partial charge in [-0.05, 0) is 37.5 Å². The predicted octanol–water partition coefficient (Wildman–Crippen LogP) is 24.3. The topological polar surface area (TPSA) is 237 Å². The van der Waals surface area contributed by atoms with Crippen LogP contribution in [0.3, 0.4) is 0 Å². The Hall–Kier alpha value is -1.94. The summed E-state index contributed by atoms with van der Waals surface area (Å²) in [4.78, 5) is 73.0. The molecular formula is C81H158O17P2. The quantitative estimate of drug-likeness (QED) is 0.0222. The summed E-state index contributed by atoms with van der Waals surface area (Å²) in [6.07, 6.45) is 62.5. The minimum absolute atomic E-state index is 0.107. The van der Waals surface area contributed by atoms with Crippen molar-refractivity contribution in [2.24, 2.45) is 11.8 Å². The molecule has 0 radical (unpaired) electrons. The van der Waals surface area contributed by atoms with Gasteiger partial charge in [0, 0.05) is 25.7 Å². The number of hydrogen-bond acceptors (Lipinski definition) is 15. The summed E-state index contributed by atoms with van der Waals surface area (Å²) in [5, 5.41) is 10.6. The van der Waals surface area contributed by atoms with Crippen LogP contribution in [0.4, 0.5) is 0 Å². The molecule has 19 heteroatoms. The SMILES string of the molecule is CCCCCCCCCCCCCCCCCCCCCC(=O)O[C@H](COC(=O)CCCCCCCCCCCCCCCCCC(C)C)COP(=O)(O)OC[C@@H](O)COP(=O)(O)OC[C@@H](COC(=O)CCCCCCCCC(C)CC)OC(=O)CCCCCCCCCCCCCCC. The van der Waals surface area contributed by atoms with E-state index in [1.165, 1.54) is 238 Å². The maximum absolute atomic E-state index is 13.1. The largest absolute Gasteiger partial charge is 0.472 e. The molecule has 594 valence electrons. The molecule has 0 aliphatic carbocycles. The fourth-order valence-electron chi connectivity index (χ4n) is 12.5. The molecule has 6 atom stereocenters. The highest BCUT2D eigenvalue weighted by atomic mass is 31.2. The van der Waals surface area contributed by atoms with E-state index >= 15 is 0 Å². The molecule has 3 N–H and O–H groups in total. The van der Waals surface area contributed by atoms with Crippen molar-refractivity contribution in [2.75, 3.05) is 39.6 Å². The third-order valence-corrected chi connectivity index (χ3v) is 21.2. The first-order valence-corrected chi connectivity index (χ1v) is 45.0. The van der Waals surface area contributed by atoms with Gasteiger partial charge in [0.25, 0.3) is 0 Å². The summed E-state index contributed by atoms with van der Waals surface area (Å²) in [5.74, 6) is -0.571. The van der Waals surface area contributed by atoms with Gasteiger partial charge >= 0.3 is 39.5 Å². The number of phosphoric acid groups is 2.